The summed E-state index contributed by atoms with van der Waals surface area (Å²) in [5, 5.41) is 15.4. The molecule has 0 amide bonds. The maximum Gasteiger partial charge on any atom is 0.112 e. The highest BCUT2D eigenvalue weighted by Gasteiger charge is 2.42. The number of aliphatic hydroxyl groups is 1. The second-order valence-corrected chi connectivity index (χ2v) is 6.03. The number of nitrogens with zero attached hydrogens (tertiary/aromatic N) is 2. The molecule has 0 aliphatic carbocycles. The molecule has 0 spiro atoms. The van der Waals surface area contributed by atoms with Crippen LogP contribution in [0.4, 0.5) is 0 Å². The van der Waals surface area contributed by atoms with Gasteiger partial charge in [0, 0.05) is 19.0 Å². The van der Waals surface area contributed by atoms with Gasteiger partial charge in [-0.1, -0.05) is 18.2 Å². The SMILES string of the molecule is CC1(C)CC(O)(c2ccnn2-c2ccccc2)CCO1. The molecule has 20 heavy (non-hydrogen) atoms. The second kappa shape index (κ2) is 4.72. The Hall–Kier alpha value is -1.65. The predicted octanol–water partition coefficient (Wildman–Crippen LogP) is 2.65. The summed E-state index contributed by atoms with van der Waals surface area (Å²) < 4.78 is 7.54. The molecular weight excluding hydrogens is 252 g/mol. The van der Waals surface area contributed by atoms with E-state index in [1.165, 1.54) is 0 Å². The zero-order chi connectivity index (χ0) is 14.2. The Morgan fingerprint density at radius 2 is 1.95 bits per heavy atom. The minimum absolute atomic E-state index is 0.321. The van der Waals surface area contributed by atoms with Crippen LogP contribution in [0.2, 0.25) is 0 Å². The molecule has 1 unspecified atom stereocenters. The molecule has 0 bridgehead atoms. The zero-order valence-electron chi connectivity index (χ0n) is 11.9. The van der Waals surface area contributed by atoms with Crippen LogP contribution in [0.15, 0.2) is 42.6 Å². The van der Waals surface area contributed by atoms with Crippen molar-refractivity contribution in [3.05, 3.63) is 48.3 Å². The Balaban J connectivity index is 2.01. The van der Waals surface area contributed by atoms with Crippen molar-refractivity contribution < 1.29 is 9.84 Å². The van der Waals surface area contributed by atoms with E-state index < -0.39 is 5.60 Å². The van der Waals surface area contributed by atoms with Crippen LogP contribution in [0.5, 0.6) is 0 Å². The first-order chi connectivity index (χ1) is 9.50. The van der Waals surface area contributed by atoms with Crippen LogP contribution in [0, 0.1) is 0 Å². The normalized spacial score (nSPS) is 25.6. The molecule has 4 nitrogen and oxygen atoms in total. The smallest absolute Gasteiger partial charge is 0.112 e. The van der Waals surface area contributed by atoms with Crippen molar-refractivity contribution >= 4 is 0 Å². The van der Waals surface area contributed by atoms with Crippen LogP contribution in [0.25, 0.3) is 5.69 Å². The maximum absolute atomic E-state index is 11.1. The Bertz CT molecular complexity index is 592. The Kier molecular flexibility index (Phi) is 3.15. The van der Waals surface area contributed by atoms with E-state index in [0.29, 0.717) is 19.4 Å². The lowest BCUT2D eigenvalue weighted by molar-refractivity contribution is -0.150. The molecule has 4 heteroatoms. The minimum atomic E-state index is -0.895. The lowest BCUT2D eigenvalue weighted by Crippen LogP contribution is -2.44. The van der Waals surface area contributed by atoms with Crippen molar-refractivity contribution in [2.24, 2.45) is 0 Å². The van der Waals surface area contributed by atoms with E-state index in [1.54, 1.807) is 6.20 Å². The molecule has 1 saturated heterocycles. The molecule has 1 atom stereocenters. The van der Waals surface area contributed by atoms with Gasteiger partial charge < -0.3 is 9.84 Å². The monoisotopic (exact) mass is 272 g/mol. The molecule has 2 aromatic rings. The van der Waals surface area contributed by atoms with Gasteiger partial charge in [0.15, 0.2) is 0 Å². The summed E-state index contributed by atoms with van der Waals surface area (Å²) in [5.74, 6) is 0. The van der Waals surface area contributed by atoms with Crippen molar-refractivity contribution in [3.8, 4) is 5.69 Å². The molecule has 0 saturated carbocycles. The highest BCUT2D eigenvalue weighted by Crippen LogP contribution is 2.39. The number of ether oxygens (including phenoxy) is 1. The van der Waals surface area contributed by atoms with Crippen LogP contribution < -0.4 is 0 Å². The fourth-order valence-corrected chi connectivity index (χ4v) is 2.99. The van der Waals surface area contributed by atoms with E-state index in [0.717, 1.165) is 11.4 Å². The van der Waals surface area contributed by atoms with Gasteiger partial charge in [-0.15, -0.1) is 0 Å². The fraction of sp³-hybridized carbons (Fsp3) is 0.438. The third-order valence-electron chi connectivity index (χ3n) is 3.85. The third-order valence-corrected chi connectivity index (χ3v) is 3.85. The Morgan fingerprint density at radius 1 is 1.20 bits per heavy atom. The fourth-order valence-electron chi connectivity index (χ4n) is 2.99. The number of hydrogen-bond donors (Lipinski definition) is 1. The van der Waals surface area contributed by atoms with Gasteiger partial charge in [-0.3, -0.25) is 0 Å². The van der Waals surface area contributed by atoms with Gasteiger partial charge in [0.1, 0.15) is 5.60 Å². The number of rotatable bonds is 2. The largest absolute Gasteiger partial charge is 0.383 e. The number of aromatic nitrogens is 2. The van der Waals surface area contributed by atoms with Crippen LogP contribution >= 0.6 is 0 Å². The Morgan fingerprint density at radius 3 is 2.65 bits per heavy atom. The summed E-state index contributed by atoms with van der Waals surface area (Å²) in [6.07, 6.45) is 2.90. The van der Waals surface area contributed by atoms with Gasteiger partial charge in [-0.2, -0.15) is 5.10 Å². The van der Waals surface area contributed by atoms with Crippen LogP contribution in [-0.2, 0) is 10.3 Å². The minimum Gasteiger partial charge on any atom is -0.383 e. The molecule has 2 heterocycles. The summed E-state index contributed by atoms with van der Waals surface area (Å²) in [5.41, 5.74) is 0.581. The summed E-state index contributed by atoms with van der Waals surface area (Å²) in [6.45, 7) is 4.59. The first kappa shape index (κ1) is 13.3. The van der Waals surface area contributed by atoms with E-state index in [1.807, 2.05) is 54.9 Å². The molecule has 106 valence electrons. The predicted molar refractivity (Wildman–Crippen MR) is 76.7 cm³/mol. The number of para-hydroxylation sites is 1. The maximum atomic E-state index is 11.1. The molecule has 1 aliphatic rings. The van der Waals surface area contributed by atoms with Crippen molar-refractivity contribution in [2.45, 2.75) is 37.9 Å². The highest BCUT2D eigenvalue weighted by atomic mass is 16.5. The third kappa shape index (κ3) is 2.37. The summed E-state index contributed by atoms with van der Waals surface area (Å²) >= 11 is 0. The number of hydrogen-bond acceptors (Lipinski definition) is 3. The van der Waals surface area contributed by atoms with Crippen LogP contribution in [0.1, 0.15) is 32.4 Å². The lowest BCUT2D eigenvalue weighted by Gasteiger charge is -2.41. The molecule has 1 aromatic heterocycles. The van der Waals surface area contributed by atoms with Crippen molar-refractivity contribution in [1.29, 1.82) is 0 Å². The molecular formula is C16H20N2O2. The average Bonchev–Trinajstić information content (AvgIpc) is 2.88. The van der Waals surface area contributed by atoms with Gasteiger partial charge in [0.25, 0.3) is 0 Å². The highest BCUT2D eigenvalue weighted by molar-refractivity contribution is 5.34. The van der Waals surface area contributed by atoms with E-state index in [4.69, 9.17) is 4.74 Å². The van der Waals surface area contributed by atoms with E-state index in [2.05, 4.69) is 5.10 Å². The molecule has 3 rings (SSSR count). The quantitative estimate of drug-likeness (QED) is 0.914. The Labute approximate surface area is 119 Å². The van der Waals surface area contributed by atoms with Gasteiger partial charge in [0.05, 0.1) is 23.6 Å². The van der Waals surface area contributed by atoms with E-state index in [9.17, 15) is 5.11 Å². The van der Waals surface area contributed by atoms with Gasteiger partial charge in [0.2, 0.25) is 0 Å². The standard InChI is InChI=1S/C16H20N2O2/c1-15(2)12-16(19,9-11-20-15)14-8-10-17-18(14)13-6-4-3-5-7-13/h3-8,10,19H,9,11-12H2,1-2H3. The van der Waals surface area contributed by atoms with Gasteiger partial charge in [-0.25, -0.2) is 4.68 Å². The summed E-state index contributed by atoms with van der Waals surface area (Å²) in [6, 6.07) is 11.8. The summed E-state index contributed by atoms with van der Waals surface area (Å²) in [4.78, 5) is 0. The van der Waals surface area contributed by atoms with E-state index in [-0.39, 0.29) is 5.60 Å². The van der Waals surface area contributed by atoms with Crippen molar-refractivity contribution in [3.63, 3.8) is 0 Å². The molecule has 1 fully saturated rings. The van der Waals surface area contributed by atoms with Crippen LogP contribution in [-0.4, -0.2) is 27.1 Å². The van der Waals surface area contributed by atoms with Gasteiger partial charge >= 0.3 is 0 Å². The van der Waals surface area contributed by atoms with Gasteiger partial charge in [-0.05, 0) is 32.0 Å². The van der Waals surface area contributed by atoms with Crippen molar-refractivity contribution in [2.75, 3.05) is 6.61 Å². The molecule has 0 radical (unpaired) electrons. The second-order valence-electron chi connectivity index (χ2n) is 6.03. The first-order valence-electron chi connectivity index (χ1n) is 6.97. The summed E-state index contributed by atoms with van der Waals surface area (Å²) in [7, 11) is 0. The van der Waals surface area contributed by atoms with Crippen LogP contribution in [0.3, 0.4) is 0 Å². The molecule has 1 aliphatic heterocycles. The van der Waals surface area contributed by atoms with E-state index >= 15 is 0 Å². The van der Waals surface area contributed by atoms with Crippen molar-refractivity contribution in [1.82, 2.24) is 9.78 Å². The number of benzene rings is 1. The molecule has 1 aromatic carbocycles. The molecule has 1 N–H and O–H groups in total. The first-order valence-corrected chi connectivity index (χ1v) is 6.97. The zero-order valence-corrected chi connectivity index (χ0v) is 11.9. The average molecular weight is 272 g/mol. The topological polar surface area (TPSA) is 47.3 Å². The lowest BCUT2D eigenvalue weighted by atomic mass is 9.82.